The van der Waals surface area contributed by atoms with Crippen LogP contribution in [0.4, 0.5) is 8.78 Å². The predicted molar refractivity (Wildman–Crippen MR) is 110 cm³/mol. The fourth-order valence-corrected chi connectivity index (χ4v) is 4.17. The van der Waals surface area contributed by atoms with Gasteiger partial charge in [-0.25, -0.2) is 8.78 Å². The molecule has 29 heavy (non-hydrogen) atoms. The van der Waals surface area contributed by atoms with Crippen LogP contribution < -0.4 is 10.2 Å². The quantitative estimate of drug-likeness (QED) is 0.563. The first-order valence-corrected chi connectivity index (χ1v) is 10.3. The molecule has 1 saturated heterocycles. The average molecular weight is 398 g/mol. The maximum absolute atomic E-state index is 13.8. The lowest BCUT2D eigenvalue weighted by Crippen LogP contribution is -3.10. The van der Waals surface area contributed by atoms with E-state index in [1.165, 1.54) is 50.2 Å². The van der Waals surface area contributed by atoms with Gasteiger partial charge in [0.05, 0.1) is 26.2 Å². The number of carbonyl (C=O) groups is 1. The van der Waals surface area contributed by atoms with Crippen LogP contribution in [0.15, 0.2) is 42.5 Å². The zero-order valence-corrected chi connectivity index (χ0v) is 16.4. The molecule has 0 bridgehead atoms. The summed E-state index contributed by atoms with van der Waals surface area (Å²) in [6, 6.07) is 10.8. The first-order chi connectivity index (χ1) is 14.1. The molecular formula is C23H26F2N3O+. The second-order valence-electron chi connectivity index (χ2n) is 7.73. The number of benzene rings is 2. The molecule has 1 aliphatic rings. The number of H-pyrrole nitrogens is 1. The normalized spacial score (nSPS) is 14.6. The number of hydrogen-bond donors (Lipinski definition) is 3. The van der Waals surface area contributed by atoms with Crippen molar-refractivity contribution in [1.29, 1.82) is 0 Å². The van der Waals surface area contributed by atoms with Gasteiger partial charge in [-0.3, -0.25) is 4.79 Å². The standard InChI is InChI=1S/C23H25F2N3O/c24-17-5-3-16(4-6-17)23-19(20-15-18(25)7-9-21(20)27-23)8-10-22(29)26-11-14-28-12-1-2-13-28/h3-7,9,15,27H,1-2,8,10-14H2,(H,26,29)/p+1. The van der Waals surface area contributed by atoms with Crippen LogP contribution in [-0.2, 0) is 11.2 Å². The number of fused-ring (bicyclic) bond motifs is 1. The van der Waals surface area contributed by atoms with Crippen LogP contribution in [0, 0.1) is 11.6 Å². The average Bonchev–Trinajstić information content (AvgIpc) is 3.35. The lowest BCUT2D eigenvalue weighted by atomic mass is 10.0. The van der Waals surface area contributed by atoms with Crippen molar-refractivity contribution in [3.05, 3.63) is 59.7 Å². The number of hydrogen-bond acceptors (Lipinski definition) is 1. The summed E-state index contributed by atoms with van der Waals surface area (Å²) in [6.45, 7) is 4.03. The number of likely N-dealkylation sites (tertiary alicyclic amines) is 1. The van der Waals surface area contributed by atoms with Crippen LogP contribution in [0.3, 0.4) is 0 Å². The van der Waals surface area contributed by atoms with Gasteiger partial charge in [0.1, 0.15) is 11.6 Å². The molecule has 0 radical (unpaired) electrons. The van der Waals surface area contributed by atoms with Gasteiger partial charge < -0.3 is 15.2 Å². The van der Waals surface area contributed by atoms with Gasteiger partial charge in [0.15, 0.2) is 0 Å². The fraction of sp³-hybridized carbons (Fsp3) is 0.348. The molecule has 3 N–H and O–H groups in total. The lowest BCUT2D eigenvalue weighted by Gasteiger charge is -2.12. The first kappa shape index (κ1) is 19.6. The van der Waals surface area contributed by atoms with Crippen molar-refractivity contribution in [2.24, 2.45) is 0 Å². The van der Waals surface area contributed by atoms with Gasteiger partial charge in [-0.05, 0) is 60.0 Å². The van der Waals surface area contributed by atoms with Crippen molar-refractivity contribution in [3.8, 4) is 11.3 Å². The molecule has 0 saturated carbocycles. The monoisotopic (exact) mass is 398 g/mol. The number of aromatic nitrogens is 1. The minimum absolute atomic E-state index is 0.000550. The van der Waals surface area contributed by atoms with Gasteiger partial charge in [0, 0.05) is 35.9 Å². The molecule has 152 valence electrons. The van der Waals surface area contributed by atoms with E-state index in [2.05, 4.69) is 10.3 Å². The summed E-state index contributed by atoms with van der Waals surface area (Å²) in [5, 5.41) is 3.77. The van der Waals surface area contributed by atoms with E-state index in [-0.39, 0.29) is 17.5 Å². The summed E-state index contributed by atoms with van der Waals surface area (Å²) in [7, 11) is 0. The highest BCUT2D eigenvalue weighted by atomic mass is 19.1. The fourth-order valence-electron chi connectivity index (χ4n) is 4.17. The second kappa shape index (κ2) is 8.74. The van der Waals surface area contributed by atoms with E-state index in [1.54, 1.807) is 23.1 Å². The third-order valence-corrected chi connectivity index (χ3v) is 5.71. The Balaban J connectivity index is 1.49. The third-order valence-electron chi connectivity index (χ3n) is 5.71. The molecule has 2 aromatic carbocycles. The molecule has 1 aromatic heterocycles. The molecule has 2 heterocycles. The van der Waals surface area contributed by atoms with Crippen molar-refractivity contribution in [2.45, 2.75) is 25.7 Å². The summed E-state index contributed by atoms with van der Waals surface area (Å²) >= 11 is 0. The van der Waals surface area contributed by atoms with Crippen LogP contribution in [-0.4, -0.2) is 37.1 Å². The Morgan fingerprint density at radius 2 is 1.76 bits per heavy atom. The maximum atomic E-state index is 13.8. The Labute approximate surface area is 168 Å². The van der Waals surface area contributed by atoms with Crippen molar-refractivity contribution in [3.63, 3.8) is 0 Å². The molecule has 0 spiro atoms. The van der Waals surface area contributed by atoms with Gasteiger partial charge >= 0.3 is 0 Å². The van der Waals surface area contributed by atoms with E-state index >= 15 is 0 Å². The van der Waals surface area contributed by atoms with Crippen LogP contribution in [0.25, 0.3) is 22.2 Å². The van der Waals surface area contributed by atoms with Crippen LogP contribution in [0.5, 0.6) is 0 Å². The van der Waals surface area contributed by atoms with Crippen LogP contribution in [0.2, 0.25) is 0 Å². The Bertz CT molecular complexity index is 991. The highest BCUT2D eigenvalue weighted by Crippen LogP contribution is 2.32. The largest absolute Gasteiger partial charge is 0.354 e. The minimum Gasteiger partial charge on any atom is -0.354 e. The Morgan fingerprint density at radius 3 is 2.52 bits per heavy atom. The predicted octanol–water partition coefficient (Wildman–Crippen LogP) is 2.84. The molecule has 1 amide bonds. The van der Waals surface area contributed by atoms with Gasteiger partial charge in [0.25, 0.3) is 0 Å². The zero-order chi connectivity index (χ0) is 20.2. The molecule has 4 nitrogen and oxygen atoms in total. The summed E-state index contributed by atoms with van der Waals surface area (Å²) in [5.74, 6) is -0.627. The molecule has 0 atom stereocenters. The molecule has 0 unspecified atom stereocenters. The van der Waals surface area contributed by atoms with Crippen molar-refractivity contribution < 1.29 is 18.5 Å². The van der Waals surface area contributed by atoms with Crippen molar-refractivity contribution >= 4 is 16.8 Å². The summed E-state index contributed by atoms with van der Waals surface area (Å²) in [4.78, 5) is 17.2. The number of aryl methyl sites for hydroxylation is 1. The SMILES string of the molecule is O=C(CCc1c(-c2ccc(F)cc2)[nH]c2ccc(F)cc12)NCC[NH+]1CCCC1. The molecule has 1 fully saturated rings. The molecule has 0 aliphatic carbocycles. The minimum atomic E-state index is -0.318. The highest BCUT2D eigenvalue weighted by Gasteiger charge is 2.17. The zero-order valence-electron chi connectivity index (χ0n) is 16.4. The molecular weight excluding hydrogens is 372 g/mol. The number of amides is 1. The van der Waals surface area contributed by atoms with Crippen molar-refractivity contribution in [1.82, 2.24) is 10.3 Å². The van der Waals surface area contributed by atoms with E-state index in [0.717, 1.165) is 34.3 Å². The number of nitrogens with one attached hydrogen (secondary N) is 3. The number of quaternary nitrogens is 1. The lowest BCUT2D eigenvalue weighted by molar-refractivity contribution is -0.886. The van der Waals surface area contributed by atoms with Crippen LogP contribution >= 0.6 is 0 Å². The molecule has 1 aliphatic heterocycles. The van der Waals surface area contributed by atoms with Gasteiger partial charge in [-0.2, -0.15) is 0 Å². The van der Waals surface area contributed by atoms with Gasteiger partial charge in [-0.1, -0.05) is 0 Å². The number of carbonyl (C=O) groups excluding carboxylic acids is 1. The van der Waals surface area contributed by atoms with Crippen LogP contribution in [0.1, 0.15) is 24.8 Å². The van der Waals surface area contributed by atoms with E-state index in [0.29, 0.717) is 19.4 Å². The van der Waals surface area contributed by atoms with E-state index in [9.17, 15) is 13.6 Å². The van der Waals surface area contributed by atoms with E-state index in [4.69, 9.17) is 0 Å². The first-order valence-electron chi connectivity index (χ1n) is 10.3. The number of aromatic amines is 1. The summed E-state index contributed by atoms with van der Waals surface area (Å²) in [6.07, 6.45) is 3.35. The maximum Gasteiger partial charge on any atom is 0.220 e. The smallest absolute Gasteiger partial charge is 0.220 e. The Kier molecular flexibility index (Phi) is 5.90. The van der Waals surface area contributed by atoms with E-state index in [1.807, 2.05) is 0 Å². The summed E-state index contributed by atoms with van der Waals surface area (Å²) < 4.78 is 27.2. The molecule has 4 rings (SSSR count). The van der Waals surface area contributed by atoms with Gasteiger partial charge in [-0.15, -0.1) is 0 Å². The topological polar surface area (TPSA) is 49.3 Å². The molecule has 3 aromatic rings. The molecule has 6 heteroatoms. The van der Waals surface area contributed by atoms with Gasteiger partial charge in [0.2, 0.25) is 5.91 Å². The Morgan fingerprint density at radius 1 is 1.03 bits per heavy atom. The second-order valence-corrected chi connectivity index (χ2v) is 7.73. The highest BCUT2D eigenvalue weighted by molar-refractivity contribution is 5.91. The number of rotatable bonds is 7. The van der Waals surface area contributed by atoms with E-state index < -0.39 is 0 Å². The summed E-state index contributed by atoms with van der Waals surface area (Å²) in [5.41, 5.74) is 3.31. The van der Waals surface area contributed by atoms with Crippen molar-refractivity contribution in [2.75, 3.05) is 26.2 Å². The number of halogens is 2. The Hall–Kier alpha value is -2.73. The third kappa shape index (κ3) is 4.65.